The van der Waals surface area contributed by atoms with Gasteiger partial charge >= 0.3 is 12.1 Å². The van der Waals surface area contributed by atoms with Crippen molar-refractivity contribution in [2.75, 3.05) is 51.2 Å². The number of nitrogens with zero attached hydrogens (tertiary/aromatic N) is 8. The van der Waals surface area contributed by atoms with Crippen molar-refractivity contribution in [3.8, 4) is 0 Å². The average molecular weight is 961 g/mol. The molecule has 0 aliphatic carbocycles. The topological polar surface area (TPSA) is 182 Å². The van der Waals surface area contributed by atoms with E-state index in [-0.39, 0.29) is 54.6 Å². The second kappa shape index (κ2) is 19.0. The molecule has 0 spiro atoms. The molecule has 2 fully saturated rings. The van der Waals surface area contributed by atoms with Crippen LogP contribution in [0, 0.1) is 0 Å². The van der Waals surface area contributed by atoms with Crippen LogP contribution in [0.1, 0.15) is 58.2 Å². The van der Waals surface area contributed by atoms with Gasteiger partial charge in [-0.3, -0.25) is 19.6 Å². The molecule has 66 heavy (non-hydrogen) atoms. The quantitative estimate of drug-likeness (QED) is 0.125. The van der Waals surface area contributed by atoms with E-state index in [2.05, 4.69) is 25.3 Å². The van der Waals surface area contributed by atoms with Crippen LogP contribution in [0.15, 0.2) is 96.4 Å². The van der Waals surface area contributed by atoms with Crippen molar-refractivity contribution >= 4 is 74.1 Å². The number of halogens is 2. The Bertz CT molecular complexity index is 2710. The predicted octanol–water partition coefficient (Wildman–Crippen LogP) is 8.25. The van der Waals surface area contributed by atoms with Crippen LogP contribution in [0.25, 0.3) is 0 Å². The summed E-state index contributed by atoms with van der Waals surface area (Å²) in [5, 5.41) is 3.79. The largest absolute Gasteiger partial charge is 0.352 e. The third-order valence-corrected chi connectivity index (χ3v) is 12.9. The van der Waals surface area contributed by atoms with Gasteiger partial charge in [-0.25, -0.2) is 33.0 Å². The highest BCUT2D eigenvalue weighted by molar-refractivity contribution is 7.90. The monoisotopic (exact) mass is 959 g/mol. The summed E-state index contributed by atoms with van der Waals surface area (Å²) in [6, 6.07) is 22.7. The van der Waals surface area contributed by atoms with Gasteiger partial charge < -0.3 is 24.3 Å². The summed E-state index contributed by atoms with van der Waals surface area (Å²) in [5.41, 5.74) is 3.22. The number of rotatable bonds is 11. The molecule has 6 heterocycles. The first kappa shape index (κ1) is 47.0. The van der Waals surface area contributed by atoms with Crippen LogP contribution in [0.4, 0.5) is 38.5 Å². The Balaban J connectivity index is 0.000000182. The molecule has 1 N–H and O–H groups in total. The number of fused-ring (bicyclic) bond motifs is 2. The van der Waals surface area contributed by atoms with E-state index in [9.17, 15) is 18.0 Å². The molecule has 4 aliphatic heterocycles. The van der Waals surface area contributed by atoms with Crippen molar-refractivity contribution in [2.24, 2.45) is 0 Å². The number of sulfone groups is 1. The molecule has 0 unspecified atom stereocenters. The molecule has 0 saturated carbocycles. The van der Waals surface area contributed by atoms with Crippen LogP contribution in [-0.2, 0) is 47.6 Å². The normalized spacial score (nSPS) is 20.0. The second-order valence-corrected chi connectivity index (χ2v) is 20.0. The standard InChI is InChI=1S/C25H25ClN4O5S.C21H26ClN5O3/c1-25(2)34-15-19(35-25)14-30-22-18(13-29(24(30)31)21-11-7-6-10-20(21)26)12-27-23(28-22)36(32,33)16-17-8-4-3-5-9-17;1-13(2)24-19-23-9-14-10-26(17-8-6-5-7-16(17)22)20(28)27(18(14)25-19)11-15-12-29-21(3,4)30-15/h3-12,19H,13-16H2,1-2H3;5-9,13,15H,10-12H2,1-4H3,(H,23,24,25)/t19-;15-/m11/s1. The number of carbonyl (C=O) groups excluding carboxylic acids is 2. The lowest BCUT2D eigenvalue weighted by Crippen LogP contribution is -2.51. The summed E-state index contributed by atoms with van der Waals surface area (Å²) in [5.74, 6) is -0.417. The zero-order chi connectivity index (χ0) is 47.0. The molecular formula is C46H51Cl2N9O8S. The Hall–Kier alpha value is -5.47. The highest BCUT2D eigenvalue weighted by atomic mass is 35.5. The lowest BCUT2D eigenvalue weighted by atomic mass is 10.1. The number of ether oxygens (including phenoxy) is 4. The van der Waals surface area contributed by atoms with E-state index < -0.39 is 33.5 Å². The first-order valence-corrected chi connectivity index (χ1v) is 23.8. The first-order chi connectivity index (χ1) is 31.4. The van der Waals surface area contributed by atoms with Crippen LogP contribution in [-0.4, -0.2) is 96.5 Å². The number of para-hydroxylation sites is 2. The number of anilines is 5. The van der Waals surface area contributed by atoms with E-state index in [0.29, 0.717) is 64.0 Å². The summed E-state index contributed by atoms with van der Waals surface area (Å²) in [6.07, 6.45) is 2.52. The van der Waals surface area contributed by atoms with Crippen molar-refractivity contribution in [1.29, 1.82) is 0 Å². The Morgan fingerprint density at radius 3 is 1.64 bits per heavy atom. The number of urea groups is 2. The number of benzene rings is 3. The highest BCUT2D eigenvalue weighted by Crippen LogP contribution is 2.37. The van der Waals surface area contributed by atoms with Gasteiger partial charge in [-0.15, -0.1) is 0 Å². The van der Waals surface area contributed by atoms with E-state index in [0.717, 1.165) is 5.56 Å². The molecule has 2 atom stereocenters. The number of carbonyl (C=O) groups is 2. The third-order valence-electron chi connectivity index (χ3n) is 10.8. The number of amides is 4. The van der Waals surface area contributed by atoms with Gasteiger partial charge in [0, 0.05) is 29.6 Å². The molecule has 348 valence electrons. The van der Waals surface area contributed by atoms with Gasteiger partial charge in [0.1, 0.15) is 23.8 Å². The fourth-order valence-electron chi connectivity index (χ4n) is 7.91. The fraction of sp³-hybridized carbons (Fsp3) is 0.391. The lowest BCUT2D eigenvalue weighted by molar-refractivity contribution is -0.137. The summed E-state index contributed by atoms with van der Waals surface area (Å²) >= 11 is 12.8. The van der Waals surface area contributed by atoms with Gasteiger partial charge in [0.25, 0.3) is 0 Å². The molecule has 2 aromatic heterocycles. The molecule has 4 amide bonds. The molecule has 0 radical (unpaired) electrons. The maximum Gasteiger partial charge on any atom is 0.330 e. The van der Waals surface area contributed by atoms with Gasteiger partial charge in [0.05, 0.1) is 66.6 Å². The van der Waals surface area contributed by atoms with Gasteiger partial charge in [0.2, 0.25) is 20.9 Å². The maximum atomic E-state index is 13.7. The van der Waals surface area contributed by atoms with Crippen LogP contribution < -0.4 is 24.9 Å². The van der Waals surface area contributed by atoms with Crippen molar-refractivity contribution in [2.45, 2.75) is 95.4 Å². The Morgan fingerprint density at radius 1 is 0.697 bits per heavy atom. The predicted molar refractivity (Wildman–Crippen MR) is 251 cm³/mol. The summed E-state index contributed by atoms with van der Waals surface area (Å²) in [6.45, 7) is 12.9. The van der Waals surface area contributed by atoms with Gasteiger partial charge in [-0.05, 0) is 71.4 Å². The zero-order valence-electron chi connectivity index (χ0n) is 37.3. The smallest absolute Gasteiger partial charge is 0.330 e. The zero-order valence-corrected chi connectivity index (χ0v) is 39.7. The Labute approximate surface area is 393 Å². The molecule has 20 heteroatoms. The minimum Gasteiger partial charge on any atom is -0.352 e. The van der Waals surface area contributed by atoms with E-state index in [1.54, 1.807) is 84.4 Å². The second-order valence-electron chi connectivity index (χ2n) is 17.4. The van der Waals surface area contributed by atoms with E-state index in [1.165, 1.54) is 16.0 Å². The van der Waals surface area contributed by atoms with Crippen molar-refractivity contribution < 1.29 is 37.0 Å². The van der Waals surface area contributed by atoms with Gasteiger partial charge in [-0.2, -0.15) is 4.98 Å². The average Bonchev–Trinajstić information content (AvgIpc) is 3.81. The van der Waals surface area contributed by atoms with E-state index in [1.807, 2.05) is 52.0 Å². The molecule has 17 nitrogen and oxygen atoms in total. The van der Waals surface area contributed by atoms with Crippen LogP contribution in [0.3, 0.4) is 0 Å². The van der Waals surface area contributed by atoms with Gasteiger partial charge in [-0.1, -0.05) is 77.8 Å². The summed E-state index contributed by atoms with van der Waals surface area (Å²) < 4.78 is 49.5. The molecule has 9 rings (SSSR count). The molecule has 2 saturated heterocycles. The third kappa shape index (κ3) is 10.5. The van der Waals surface area contributed by atoms with Crippen LogP contribution in [0.5, 0.6) is 0 Å². The Kier molecular flexibility index (Phi) is 13.6. The SMILES string of the molecule is CC(C)Nc1ncc2c(n1)N(C[C@@H]1COC(C)(C)O1)C(=O)N(c1ccccc1Cl)C2.CC1(C)OC[C@@H](CN2C(=O)N(c3ccccc3Cl)Cc3cnc(S(=O)(=O)Cc4ccccc4)nc32)O1. The van der Waals surface area contributed by atoms with E-state index >= 15 is 0 Å². The first-order valence-electron chi connectivity index (χ1n) is 21.4. The summed E-state index contributed by atoms with van der Waals surface area (Å²) in [7, 11) is -3.86. The number of nitrogens with one attached hydrogen (secondary N) is 1. The minimum absolute atomic E-state index is 0.116. The van der Waals surface area contributed by atoms with Crippen molar-refractivity contribution in [1.82, 2.24) is 19.9 Å². The Morgan fingerprint density at radius 2 is 1.17 bits per heavy atom. The lowest BCUT2D eigenvalue weighted by Gasteiger charge is -2.37. The maximum absolute atomic E-state index is 13.7. The molecule has 0 bridgehead atoms. The van der Waals surface area contributed by atoms with Crippen LogP contribution in [0.2, 0.25) is 10.0 Å². The number of hydrogen-bond acceptors (Lipinski definition) is 13. The minimum atomic E-state index is -3.86. The number of aromatic nitrogens is 4. The fourth-order valence-corrected chi connectivity index (χ4v) is 9.59. The summed E-state index contributed by atoms with van der Waals surface area (Å²) in [4.78, 5) is 51.1. The molecule has 5 aromatic rings. The molecule has 3 aromatic carbocycles. The highest BCUT2D eigenvalue weighted by Gasteiger charge is 2.42. The molecular weight excluding hydrogens is 910 g/mol. The van der Waals surface area contributed by atoms with Crippen molar-refractivity contribution in [3.05, 3.63) is 118 Å². The van der Waals surface area contributed by atoms with E-state index in [4.69, 9.17) is 42.1 Å². The van der Waals surface area contributed by atoms with Crippen LogP contribution >= 0.6 is 23.2 Å². The number of hydrogen-bond donors (Lipinski definition) is 1. The van der Waals surface area contributed by atoms with Crippen molar-refractivity contribution in [3.63, 3.8) is 0 Å². The van der Waals surface area contributed by atoms with Gasteiger partial charge in [0.15, 0.2) is 11.6 Å². The molecule has 4 aliphatic rings.